The van der Waals surface area contributed by atoms with Crippen LogP contribution in [0.5, 0.6) is 5.75 Å². The van der Waals surface area contributed by atoms with Crippen molar-refractivity contribution in [1.29, 1.82) is 0 Å². The highest BCUT2D eigenvalue weighted by Gasteiger charge is 2.44. The smallest absolute Gasteiger partial charge is 0.328 e. The van der Waals surface area contributed by atoms with E-state index in [1.165, 1.54) is 7.11 Å². The van der Waals surface area contributed by atoms with Crippen LogP contribution in [0.15, 0.2) is 24.3 Å². The van der Waals surface area contributed by atoms with Crippen LogP contribution in [0.3, 0.4) is 0 Å². The number of carbonyl (C=O) groups excluding carboxylic acids is 3. The number of ether oxygens (including phenoxy) is 3. The Bertz CT molecular complexity index is 869. The summed E-state index contributed by atoms with van der Waals surface area (Å²) >= 11 is 0. The van der Waals surface area contributed by atoms with E-state index in [0.29, 0.717) is 26.2 Å². The molecule has 0 aromatic heterocycles. The molecule has 0 spiro atoms. The highest BCUT2D eigenvalue weighted by Crippen LogP contribution is 2.30. The molecule has 1 saturated carbocycles. The topological polar surface area (TPSA) is 94.2 Å². The molecule has 2 heterocycles. The summed E-state index contributed by atoms with van der Waals surface area (Å²) in [6, 6.07) is 6.19. The number of amides is 2. The predicted octanol–water partition coefficient (Wildman–Crippen LogP) is 2.63. The maximum absolute atomic E-state index is 13.8. The normalized spacial score (nSPS) is 27.4. The van der Waals surface area contributed by atoms with Gasteiger partial charge in [-0.15, -0.1) is 0 Å². The molecular weight excluding hydrogens is 436 g/mol. The van der Waals surface area contributed by atoms with Crippen LogP contribution in [-0.2, 0) is 30.3 Å². The fraction of sp³-hybridized carbons (Fsp3) is 0.654. The van der Waals surface area contributed by atoms with E-state index in [2.05, 4.69) is 5.32 Å². The molecule has 34 heavy (non-hydrogen) atoms. The number of hydrogen-bond donors (Lipinski definition) is 1. The molecule has 4 rings (SSSR count). The van der Waals surface area contributed by atoms with Crippen LogP contribution in [-0.4, -0.2) is 67.7 Å². The molecule has 3 atom stereocenters. The first-order chi connectivity index (χ1) is 16.5. The monoisotopic (exact) mass is 472 g/mol. The summed E-state index contributed by atoms with van der Waals surface area (Å²) in [6.07, 6.45) is 6.97. The molecular formula is C26H36N2O6. The van der Waals surface area contributed by atoms with E-state index in [-0.39, 0.29) is 30.3 Å². The first-order valence-corrected chi connectivity index (χ1v) is 12.6. The molecule has 1 aromatic carbocycles. The number of carbonyl (C=O) groups is 3. The van der Waals surface area contributed by atoms with Gasteiger partial charge >= 0.3 is 5.97 Å². The zero-order valence-electron chi connectivity index (χ0n) is 20.0. The van der Waals surface area contributed by atoms with Gasteiger partial charge in [-0.25, -0.2) is 4.79 Å². The van der Waals surface area contributed by atoms with Crippen molar-refractivity contribution in [2.45, 2.75) is 76.0 Å². The Kier molecular flexibility index (Phi) is 8.43. The van der Waals surface area contributed by atoms with E-state index in [0.717, 1.165) is 56.3 Å². The molecule has 1 N–H and O–H groups in total. The Labute approximate surface area is 201 Å². The van der Waals surface area contributed by atoms with Crippen molar-refractivity contribution < 1.29 is 28.6 Å². The zero-order valence-corrected chi connectivity index (χ0v) is 20.0. The Morgan fingerprint density at radius 1 is 1.09 bits per heavy atom. The van der Waals surface area contributed by atoms with Gasteiger partial charge in [0.25, 0.3) is 0 Å². The first kappa shape index (κ1) is 24.5. The second kappa shape index (κ2) is 11.7. The van der Waals surface area contributed by atoms with Gasteiger partial charge < -0.3 is 24.4 Å². The molecule has 2 fully saturated rings. The lowest BCUT2D eigenvalue weighted by atomic mass is 9.83. The van der Waals surface area contributed by atoms with Gasteiger partial charge in [-0.3, -0.25) is 9.59 Å². The molecule has 0 unspecified atom stereocenters. The predicted molar refractivity (Wildman–Crippen MR) is 125 cm³/mol. The molecule has 3 aliphatic rings. The number of rotatable bonds is 2. The lowest BCUT2D eigenvalue weighted by Crippen LogP contribution is -2.55. The number of nitrogens with one attached hydrogen (secondary N) is 1. The van der Waals surface area contributed by atoms with Gasteiger partial charge in [0.2, 0.25) is 11.8 Å². The summed E-state index contributed by atoms with van der Waals surface area (Å²) in [5.41, 5.74) is 0.839. The minimum absolute atomic E-state index is 0.0558. The molecule has 2 amide bonds. The zero-order chi connectivity index (χ0) is 23.9. The third-order valence-corrected chi connectivity index (χ3v) is 7.15. The van der Waals surface area contributed by atoms with E-state index in [1.807, 2.05) is 24.3 Å². The van der Waals surface area contributed by atoms with E-state index in [1.54, 1.807) is 4.90 Å². The molecule has 1 aliphatic carbocycles. The fourth-order valence-corrected chi connectivity index (χ4v) is 5.35. The average Bonchev–Trinajstić information content (AvgIpc) is 3.28. The highest BCUT2D eigenvalue weighted by molar-refractivity contribution is 5.92. The highest BCUT2D eigenvalue weighted by atomic mass is 16.5. The van der Waals surface area contributed by atoms with Crippen LogP contribution < -0.4 is 10.1 Å². The molecule has 2 aliphatic heterocycles. The molecule has 1 aromatic rings. The van der Waals surface area contributed by atoms with E-state index in [4.69, 9.17) is 14.2 Å². The maximum Gasteiger partial charge on any atom is 0.328 e. The quantitative estimate of drug-likeness (QED) is 0.665. The van der Waals surface area contributed by atoms with Crippen LogP contribution in [0.2, 0.25) is 0 Å². The molecule has 8 nitrogen and oxygen atoms in total. The summed E-state index contributed by atoms with van der Waals surface area (Å²) in [6.45, 7) is 1.42. The third-order valence-electron chi connectivity index (χ3n) is 7.15. The van der Waals surface area contributed by atoms with Crippen molar-refractivity contribution in [3.63, 3.8) is 0 Å². The minimum Gasteiger partial charge on any atom is -0.494 e. The second-order valence-electron chi connectivity index (χ2n) is 9.58. The van der Waals surface area contributed by atoms with Crippen molar-refractivity contribution in [3.8, 4) is 5.75 Å². The standard InChI is InChI=1S/C26H36N2O6/c1-32-26(31)22-16-21-17-28(22)25(30)24(19-9-3-2-4-10-19)27-23(29)15-18-8-7-11-20(14-18)33-12-5-6-13-34-21/h7-8,11,14,19,21-22,24H,2-6,9-10,12-13,15-17H2,1H3,(H,27,29)/t21-,22+,24+/m1/s1. The van der Waals surface area contributed by atoms with Crippen LogP contribution in [0, 0.1) is 5.92 Å². The van der Waals surface area contributed by atoms with Gasteiger partial charge in [-0.1, -0.05) is 31.4 Å². The van der Waals surface area contributed by atoms with Crippen LogP contribution in [0.25, 0.3) is 0 Å². The van der Waals surface area contributed by atoms with E-state index < -0.39 is 18.1 Å². The Morgan fingerprint density at radius 3 is 2.68 bits per heavy atom. The molecule has 8 heteroatoms. The number of fused-ring (bicyclic) bond motifs is 4. The van der Waals surface area contributed by atoms with Crippen LogP contribution in [0.4, 0.5) is 0 Å². The van der Waals surface area contributed by atoms with Crippen molar-refractivity contribution in [2.24, 2.45) is 5.92 Å². The summed E-state index contributed by atoms with van der Waals surface area (Å²) < 4.78 is 16.9. The minimum atomic E-state index is -0.690. The number of nitrogens with zero attached hydrogens (tertiary/aromatic N) is 1. The average molecular weight is 473 g/mol. The Morgan fingerprint density at radius 2 is 1.88 bits per heavy atom. The van der Waals surface area contributed by atoms with E-state index >= 15 is 0 Å². The lowest BCUT2D eigenvalue weighted by Gasteiger charge is -2.34. The van der Waals surface area contributed by atoms with Gasteiger partial charge in [0, 0.05) is 19.6 Å². The van der Waals surface area contributed by atoms with Gasteiger partial charge in [-0.05, 0) is 49.3 Å². The van der Waals surface area contributed by atoms with Crippen molar-refractivity contribution in [1.82, 2.24) is 10.2 Å². The SMILES string of the molecule is COC(=O)[C@@H]1C[C@@H]2CN1C(=O)[C@H](C1CCCCC1)NC(=O)Cc1cccc(c1)OCCCCO2. The number of esters is 1. The van der Waals surface area contributed by atoms with Gasteiger partial charge in [0.05, 0.1) is 26.2 Å². The molecule has 186 valence electrons. The van der Waals surface area contributed by atoms with Crippen LogP contribution >= 0.6 is 0 Å². The Hall–Kier alpha value is -2.61. The van der Waals surface area contributed by atoms with Crippen molar-refractivity contribution in [3.05, 3.63) is 29.8 Å². The van der Waals surface area contributed by atoms with E-state index in [9.17, 15) is 14.4 Å². The summed E-state index contributed by atoms with van der Waals surface area (Å²) in [4.78, 5) is 41.0. The van der Waals surface area contributed by atoms with Crippen molar-refractivity contribution >= 4 is 17.8 Å². The fourth-order valence-electron chi connectivity index (χ4n) is 5.35. The Balaban J connectivity index is 1.59. The number of hydrogen-bond acceptors (Lipinski definition) is 6. The third kappa shape index (κ3) is 6.09. The summed E-state index contributed by atoms with van der Waals surface area (Å²) in [5.74, 6) is -0.0512. The second-order valence-corrected chi connectivity index (χ2v) is 9.58. The number of benzene rings is 1. The molecule has 1 saturated heterocycles. The first-order valence-electron chi connectivity index (χ1n) is 12.6. The largest absolute Gasteiger partial charge is 0.494 e. The van der Waals surface area contributed by atoms with Gasteiger partial charge in [0.1, 0.15) is 17.8 Å². The summed E-state index contributed by atoms with van der Waals surface area (Å²) in [5, 5.41) is 3.04. The molecule has 4 bridgehead atoms. The van der Waals surface area contributed by atoms with Gasteiger partial charge in [0.15, 0.2) is 0 Å². The van der Waals surface area contributed by atoms with Gasteiger partial charge in [-0.2, -0.15) is 0 Å². The van der Waals surface area contributed by atoms with Crippen LogP contribution in [0.1, 0.15) is 56.9 Å². The molecule has 0 radical (unpaired) electrons. The lowest BCUT2D eigenvalue weighted by molar-refractivity contribution is -0.152. The summed E-state index contributed by atoms with van der Waals surface area (Å²) in [7, 11) is 1.34. The number of methoxy groups -OCH3 is 1. The van der Waals surface area contributed by atoms with Crippen molar-refractivity contribution in [2.75, 3.05) is 26.9 Å². The maximum atomic E-state index is 13.8.